The van der Waals surface area contributed by atoms with Crippen molar-refractivity contribution in [2.24, 2.45) is 5.73 Å². The van der Waals surface area contributed by atoms with Gasteiger partial charge < -0.3 is 35.6 Å². The molecule has 0 aromatic rings. The fraction of sp³-hybridized carbons (Fsp3) is 0.833. The van der Waals surface area contributed by atoms with Gasteiger partial charge in [-0.15, -0.1) is 0 Å². The van der Waals surface area contributed by atoms with E-state index >= 15 is 0 Å². The Hall–Kier alpha value is -1.30. The molecule has 128 valence electrons. The lowest BCUT2D eigenvalue weighted by Gasteiger charge is -2.44. The lowest BCUT2D eigenvalue weighted by Crippen LogP contribution is -2.68. The minimum Gasteiger partial charge on any atom is -0.480 e. The molecule has 1 rings (SSSR count). The smallest absolute Gasteiger partial charge is 0.332 e. The fourth-order valence-corrected chi connectivity index (χ4v) is 2.06. The van der Waals surface area contributed by atoms with Crippen LogP contribution in [0, 0.1) is 0 Å². The lowest BCUT2D eigenvalue weighted by molar-refractivity contribution is -0.222. The molecular formula is C12H22N2O8. The van der Waals surface area contributed by atoms with E-state index in [0.717, 1.165) is 0 Å². The molecule has 0 bridgehead atoms. The molecule has 10 heteroatoms. The van der Waals surface area contributed by atoms with Gasteiger partial charge in [0.1, 0.15) is 30.6 Å². The predicted octanol–water partition coefficient (Wildman–Crippen LogP) is -2.69. The number of carboxylic acids is 2. The molecule has 7 atom stereocenters. The second-order valence-corrected chi connectivity index (χ2v) is 5.15. The number of rotatable bonds is 7. The maximum atomic E-state index is 10.9. The summed E-state index contributed by atoms with van der Waals surface area (Å²) in [5.74, 6) is -2.38. The van der Waals surface area contributed by atoms with Crippen LogP contribution >= 0.6 is 0 Å². The van der Waals surface area contributed by atoms with Gasteiger partial charge in [-0.2, -0.15) is 0 Å². The number of aliphatic hydroxyl groups excluding tert-OH is 2. The van der Waals surface area contributed by atoms with Crippen molar-refractivity contribution in [3.8, 4) is 0 Å². The Kier molecular flexibility index (Phi) is 6.66. The second-order valence-electron chi connectivity index (χ2n) is 5.15. The minimum atomic E-state index is -1.35. The molecule has 1 saturated heterocycles. The van der Waals surface area contributed by atoms with Crippen molar-refractivity contribution >= 4 is 11.9 Å². The van der Waals surface area contributed by atoms with E-state index in [4.69, 9.17) is 25.4 Å². The zero-order valence-corrected chi connectivity index (χ0v) is 12.2. The van der Waals surface area contributed by atoms with Crippen molar-refractivity contribution in [2.75, 3.05) is 6.61 Å². The molecule has 0 amide bonds. The van der Waals surface area contributed by atoms with Gasteiger partial charge in [0.2, 0.25) is 0 Å². The van der Waals surface area contributed by atoms with Gasteiger partial charge in [0.05, 0.1) is 12.6 Å². The summed E-state index contributed by atoms with van der Waals surface area (Å²) in [7, 11) is 0. The highest BCUT2D eigenvalue weighted by atomic mass is 16.6. The molecule has 0 aromatic heterocycles. The summed E-state index contributed by atoms with van der Waals surface area (Å²) < 4.78 is 10.6. The van der Waals surface area contributed by atoms with E-state index < -0.39 is 61.3 Å². The number of nitrogens with two attached hydrogens (primary N) is 1. The summed E-state index contributed by atoms with van der Waals surface area (Å²) in [6, 6.07) is -2.02. The maximum absolute atomic E-state index is 10.9. The first-order chi connectivity index (χ1) is 10.2. The first-order valence-electron chi connectivity index (χ1n) is 6.76. The average Bonchev–Trinajstić information content (AvgIpc) is 2.45. The Balaban J connectivity index is 2.88. The molecular weight excluding hydrogens is 300 g/mol. The third-order valence-electron chi connectivity index (χ3n) is 3.44. The van der Waals surface area contributed by atoms with Crippen LogP contribution in [0.25, 0.3) is 0 Å². The number of carbonyl (C=O) groups is 2. The zero-order chi connectivity index (χ0) is 17.0. The minimum absolute atomic E-state index is 0.561. The first kappa shape index (κ1) is 18.7. The predicted molar refractivity (Wildman–Crippen MR) is 71.9 cm³/mol. The van der Waals surface area contributed by atoms with Crippen molar-refractivity contribution in [3.05, 3.63) is 0 Å². The Morgan fingerprint density at radius 1 is 1.32 bits per heavy atom. The molecule has 1 aliphatic rings. The molecule has 7 N–H and O–H groups in total. The Morgan fingerprint density at radius 3 is 2.36 bits per heavy atom. The second kappa shape index (κ2) is 7.81. The number of carboxylic acid groups (broad SMARTS) is 2. The third kappa shape index (κ3) is 4.35. The summed E-state index contributed by atoms with van der Waals surface area (Å²) in [6.07, 6.45) is -5.84. The molecule has 22 heavy (non-hydrogen) atoms. The van der Waals surface area contributed by atoms with E-state index in [1.54, 1.807) is 0 Å². The highest BCUT2D eigenvalue weighted by Crippen LogP contribution is 2.22. The SMILES string of the molecule is CC(NC1O[C@H](CO)[C@@H](O)[C@H](OC(C)C(=O)O)[C@H]1N)C(=O)O. The molecule has 0 aromatic carbocycles. The molecule has 0 radical (unpaired) electrons. The van der Waals surface area contributed by atoms with Crippen LogP contribution in [-0.4, -0.2) is 81.7 Å². The van der Waals surface area contributed by atoms with Gasteiger partial charge in [0, 0.05) is 0 Å². The third-order valence-corrected chi connectivity index (χ3v) is 3.44. The van der Waals surface area contributed by atoms with Crippen molar-refractivity contribution in [2.45, 2.75) is 56.6 Å². The number of hydrogen-bond acceptors (Lipinski definition) is 8. The zero-order valence-electron chi connectivity index (χ0n) is 12.2. The molecule has 1 aliphatic heterocycles. The number of aliphatic carboxylic acids is 2. The van der Waals surface area contributed by atoms with Gasteiger partial charge in [-0.1, -0.05) is 0 Å². The van der Waals surface area contributed by atoms with Gasteiger partial charge in [-0.3, -0.25) is 10.1 Å². The largest absolute Gasteiger partial charge is 0.480 e. The molecule has 1 heterocycles. The van der Waals surface area contributed by atoms with E-state index in [2.05, 4.69) is 5.32 Å². The van der Waals surface area contributed by atoms with E-state index in [9.17, 15) is 19.8 Å². The van der Waals surface area contributed by atoms with Crippen molar-refractivity contribution < 1.29 is 39.5 Å². The molecule has 0 spiro atoms. The molecule has 1 fully saturated rings. The lowest BCUT2D eigenvalue weighted by atomic mass is 9.96. The van der Waals surface area contributed by atoms with Crippen LogP contribution in [0.15, 0.2) is 0 Å². The van der Waals surface area contributed by atoms with E-state index in [1.165, 1.54) is 13.8 Å². The maximum Gasteiger partial charge on any atom is 0.332 e. The first-order valence-corrected chi connectivity index (χ1v) is 6.76. The summed E-state index contributed by atoms with van der Waals surface area (Å²) >= 11 is 0. The van der Waals surface area contributed by atoms with Gasteiger partial charge in [-0.05, 0) is 13.8 Å². The van der Waals surface area contributed by atoms with Crippen molar-refractivity contribution in [1.29, 1.82) is 0 Å². The van der Waals surface area contributed by atoms with Gasteiger partial charge in [0.15, 0.2) is 6.10 Å². The average molecular weight is 322 g/mol. The number of aliphatic hydroxyl groups is 2. The van der Waals surface area contributed by atoms with Gasteiger partial charge in [0.25, 0.3) is 0 Å². The monoisotopic (exact) mass is 322 g/mol. The van der Waals surface area contributed by atoms with Crippen LogP contribution in [-0.2, 0) is 19.1 Å². The normalized spacial score (nSPS) is 34.9. The van der Waals surface area contributed by atoms with Crippen LogP contribution in [0.1, 0.15) is 13.8 Å². The topological polar surface area (TPSA) is 172 Å². The Bertz CT molecular complexity index is 407. The van der Waals surface area contributed by atoms with Crippen LogP contribution in [0.3, 0.4) is 0 Å². The molecule has 0 aliphatic carbocycles. The van der Waals surface area contributed by atoms with Crippen molar-refractivity contribution in [1.82, 2.24) is 5.32 Å². The van der Waals surface area contributed by atoms with Gasteiger partial charge in [-0.25, -0.2) is 4.79 Å². The Morgan fingerprint density at radius 2 is 1.91 bits per heavy atom. The van der Waals surface area contributed by atoms with Crippen LogP contribution < -0.4 is 11.1 Å². The molecule has 10 nitrogen and oxygen atoms in total. The summed E-state index contributed by atoms with van der Waals surface area (Å²) in [6.45, 7) is 2.08. The highest BCUT2D eigenvalue weighted by Gasteiger charge is 2.45. The number of nitrogens with one attached hydrogen (secondary N) is 1. The van der Waals surface area contributed by atoms with Crippen LogP contribution in [0.2, 0.25) is 0 Å². The number of hydrogen-bond donors (Lipinski definition) is 6. The van der Waals surface area contributed by atoms with E-state index in [-0.39, 0.29) is 0 Å². The van der Waals surface area contributed by atoms with E-state index in [1.807, 2.05) is 0 Å². The quantitative estimate of drug-likeness (QED) is 0.290. The molecule has 3 unspecified atom stereocenters. The Labute approximate surface area is 126 Å². The fourth-order valence-electron chi connectivity index (χ4n) is 2.06. The summed E-state index contributed by atoms with van der Waals surface area (Å²) in [5.41, 5.74) is 5.89. The number of ether oxygens (including phenoxy) is 2. The summed E-state index contributed by atoms with van der Waals surface area (Å²) in [4.78, 5) is 21.7. The van der Waals surface area contributed by atoms with Crippen molar-refractivity contribution in [3.63, 3.8) is 0 Å². The van der Waals surface area contributed by atoms with Gasteiger partial charge >= 0.3 is 11.9 Å². The van der Waals surface area contributed by atoms with E-state index in [0.29, 0.717) is 0 Å². The van der Waals surface area contributed by atoms with Crippen LogP contribution in [0.4, 0.5) is 0 Å². The summed E-state index contributed by atoms with van der Waals surface area (Å²) in [5, 5.41) is 39.6. The highest BCUT2D eigenvalue weighted by molar-refractivity contribution is 5.73. The van der Waals surface area contributed by atoms with Crippen LogP contribution in [0.5, 0.6) is 0 Å². The molecule has 0 saturated carbocycles. The standard InChI is InChI=1S/C12H22N2O8/c1-4(11(17)18)14-10-7(13)9(21-5(2)12(19)20)8(16)6(3-15)22-10/h4-10,14-16H,3,13H2,1-2H3,(H,17,18)(H,19,20)/t4?,5?,6-,7-,8-,9-,10?/m1/s1.